The second kappa shape index (κ2) is 6.78. The summed E-state index contributed by atoms with van der Waals surface area (Å²) in [6.07, 6.45) is 3.63. The van der Waals surface area contributed by atoms with Crippen molar-refractivity contribution in [2.45, 2.75) is 32.2 Å². The maximum absolute atomic E-state index is 12.8. The largest absolute Gasteiger partial charge is 0.480 e. The van der Waals surface area contributed by atoms with Crippen LogP contribution in [-0.2, 0) is 4.79 Å². The highest BCUT2D eigenvalue weighted by Crippen LogP contribution is 2.22. The molecule has 3 rings (SSSR count). The first-order chi connectivity index (χ1) is 11.6. The minimum Gasteiger partial charge on any atom is -0.480 e. The lowest BCUT2D eigenvalue weighted by atomic mass is 10.0. The van der Waals surface area contributed by atoms with Crippen LogP contribution in [0.5, 0.6) is 0 Å². The molecule has 0 unspecified atom stereocenters. The molecule has 0 spiro atoms. The second-order valence-corrected chi connectivity index (χ2v) is 5.91. The van der Waals surface area contributed by atoms with Gasteiger partial charge in [0.15, 0.2) is 5.82 Å². The van der Waals surface area contributed by atoms with E-state index in [-0.39, 0.29) is 5.91 Å². The van der Waals surface area contributed by atoms with Crippen molar-refractivity contribution < 1.29 is 14.7 Å². The zero-order valence-electron chi connectivity index (χ0n) is 13.5. The third kappa shape index (κ3) is 3.13. The number of amides is 1. The Morgan fingerprint density at radius 3 is 2.62 bits per heavy atom. The van der Waals surface area contributed by atoms with E-state index in [4.69, 9.17) is 0 Å². The molecule has 6 nitrogen and oxygen atoms in total. The summed E-state index contributed by atoms with van der Waals surface area (Å²) >= 11 is 0. The molecule has 2 heterocycles. The topological polar surface area (TPSA) is 83.4 Å². The quantitative estimate of drug-likeness (QED) is 0.937. The summed E-state index contributed by atoms with van der Waals surface area (Å²) in [4.78, 5) is 34.3. The van der Waals surface area contributed by atoms with E-state index in [1.54, 1.807) is 6.92 Å². The number of nitrogens with zero attached hydrogens (tertiary/aromatic N) is 3. The zero-order valence-corrected chi connectivity index (χ0v) is 13.5. The third-order valence-electron chi connectivity index (χ3n) is 4.29. The fraction of sp³-hybridized carbons (Fsp3) is 0.333. The molecule has 0 bridgehead atoms. The summed E-state index contributed by atoms with van der Waals surface area (Å²) in [5.41, 5.74) is 1.80. The molecule has 1 aromatic heterocycles. The second-order valence-electron chi connectivity index (χ2n) is 5.91. The van der Waals surface area contributed by atoms with Crippen LogP contribution in [0.1, 0.15) is 35.3 Å². The van der Waals surface area contributed by atoms with Gasteiger partial charge in [0.1, 0.15) is 6.04 Å². The van der Waals surface area contributed by atoms with Crippen molar-refractivity contribution in [3.63, 3.8) is 0 Å². The van der Waals surface area contributed by atoms with Crippen LogP contribution in [0.2, 0.25) is 0 Å². The van der Waals surface area contributed by atoms with Crippen molar-refractivity contribution in [3.05, 3.63) is 47.8 Å². The van der Waals surface area contributed by atoms with Crippen LogP contribution in [0.3, 0.4) is 0 Å². The summed E-state index contributed by atoms with van der Waals surface area (Å²) < 4.78 is 0. The smallest absolute Gasteiger partial charge is 0.326 e. The number of aryl methyl sites for hydroxylation is 1. The maximum atomic E-state index is 12.8. The minimum atomic E-state index is -0.956. The van der Waals surface area contributed by atoms with Crippen molar-refractivity contribution in [3.8, 4) is 11.4 Å². The van der Waals surface area contributed by atoms with E-state index in [1.807, 2.05) is 30.3 Å². The van der Waals surface area contributed by atoms with Crippen LogP contribution in [0.4, 0.5) is 0 Å². The monoisotopic (exact) mass is 325 g/mol. The molecule has 2 aromatic rings. The predicted molar refractivity (Wildman–Crippen MR) is 88.5 cm³/mol. The fourth-order valence-electron chi connectivity index (χ4n) is 2.99. The van der Waals surface area contributed by atoms with Gasteiger partial charge in [0.05, 0.1) is 11.3 Å². The van der Waals surface area contributed by atoms with E-state index in [9.17, 15) is 14.7 Å². The van der Waals surface area contributed by atoms with Crippen molar-refractivity contribution in [2.75, 3.05) is 6.54 Å². The number of piperidine rings is 1. The first kappa shape index (κ1) is 16.1. The molecule has 0 aliphatic carbocycles. The molecular formula is C18H19N3O3. The Bertz CT molecular complexity index is 761. The van der Waals surface area contributed by atoms with Crippen LogP contribution in [-0.4, -0.2) is 44.4 Å². The van der Waals surface area contributed by atoms with E-state index in [0.29, 0.717) is 30.0 Å². The van der Waals surface area contributed by atoms with Gasteiger partial charge in [0.25, 0.3) is 5.91 Å². The summed E-state index contributed by atoms with van der Waals surface area (Å²) in [6.45, 7) is 2.21. The van der Waals surface area contributed by atoms with Crippen molar-refractivity contribution in [1.82, 2.24) is 14.9 Å². The van der Waals surface area contributed by atoms with Crippen molar-refractivity contribution in [1.29, 1.82) is 0 Å². The van der Waals surface area contributed by atoms with Gasteiger partial charge >= 0.3 is 5.97 Å². The van der Waals surface area contributed by atoms with Crippen molar-refractivity contribution in [2.24, 2.45) is 0 Å². The van der Waals surface area contributed by atoms with Crippen LogP contribution < -0.4 is 0 Å². The van der Waals surface area contributed by atoms with Gasteiger partial charge in [-0.15, -0.1) is 0 Å². The molecule has 1 aliphatic heterocycles. The predicted octanol–water partition coefficient (Wildman–Crippen LogP) is 2.53. The highest BCUT2D eigenvalue weighted by molar-refractivity contribution is 5.97. The van der Waals surface area contributed by atoms with Gasteiger partial charge in [-0.1, -0.05) is 30.3 Å². The SMILES string of the molecule is Cc1nc(-c2ccccc2)ncc1C(=O)N1CCCC[C@@H]1C(=O)O. The number of hydrogen-bond acceptors (Lipinski definition) is 4. The molecule has 124 valence electrons. The number of carboxylic acids is 1. The van der Waals surface area contributed by atoms with Crippen LogP contribution >= 0.6 is 0 Å². The number of carbonyl (C=O) groups excluding carboxylic acids is 1. The van der Waals surface area contributed by atoms with E-state index < -0.39 is 12.0 Å². The number of carbonyl (C=O) groups is 2. The number of aliphatic carboxylic acids is 1. The number of aromatic nitrogens is 2. The van der Waals surface area contributed by atoms with Gasteiger partial charge in [-0.25, -0.2) is 14.8 Å². The van der Waals surface area contributed by atoms with Gasteiger partial charge < -0.3 is 10.0 Å². The van der Waals surface area contributed by atoms with Crippen LogP contribution in [0, 0.1) is 6.92 Å². The van der Waals surface area contributed by atoms with Gasteiger partial charge in [-0.3, -0.25) is 4.79 Å². The Morgan fingerprint density at radius 2 is 1.96 bits per heavy atom. The van der Waals surface area contributed by atoms with E-state index in [2.05, 4.69) is 9.97 Å². The lowest BCUT2D eigenvalue weighted by molar-refractivity contribution is -0.143. The Morgan fingerprint density at radius 1 is 1.21 bits per heavy atom. The molecule has 6 heteroatoms. The number of benzene rings is 1. The first-order valence-electron chi connectivity index (χ1n) is 8.01. The molecule has 1 aliphatic rings. The summed E-state index contributed by atoms with van der Waals surface area (Å²) in [5.74, 6) is -0.709. The standard InChI is InChI=1S/C18H19N3O3/c1-12-14(11-19-16(20-12)13-7-3-2-4-8-13)17(22)21-10-6-5-9-15(21)18(23)24/h2-4,7-8,11,15H,5-6,9-10H2,1H3,(H,23,24)/t15-/m1/s1. The molecule has 1 atom stereocenters. The molecule has 0 saturated carbocycles. The van der Waals surface area contributed by atoms with E-state index in [0.717, 1.165) is 18.4 Å². The summed E-state index contributed by atoms with van der Waals surface area (Å²) in [6, 6.07) is 8.76. The number of likely N-dealkylation sites (tertiary alicyclic amines) is 1. The van der Waals surface area contributed by atoms with Gasteiger partial charge in [-0.2, -0.15) is 0 Å². The van der Waals surface area contributed by atoms with Gasteiger partial charge in [0, 0.05) is 18.3 Å². The molecule has 0 radical (unpaired) electrons. The number of carboxylic acid groups (broad SMARTS) is 1. The molecule has 24 heavy (non-hydrogen) atoms. The highest BCUT2D eigenvalue weighted by Gasteiger charge is 2.33. The Labute approximate surface area is 140 Å². The average molecular weight is 325 g/mol. The maximum Gasteiger partial charge on any atom is 0.326 e. The van der Waals surface area contributed by atoms with Crippen molar-refractivity contribution >= 4 is 11.9 Å². The summed E-state index contributed by atoms with van der Waals surface area (Å²) in [7, 11) is 0. The lowest BCUT2D eigenvalue weighted by Crippen LogP contribution is -2.48. The molecule has 1 N–H and O–H groups in total. The third-order valence-corrected chi connectivity index (χ3v) is 4.29. The Kier molecular flexibility index (Phi) is 4.55. The molecule has 1 aromatic carbocycles. The van der Waals surface area contributed by atoms with Gasteiger partial charge in [0.2, 0.25) is 0 Å². The zero-order chi connectivity index (χ0) is 17.1. The van der Waals surface area contributed by atoms with E-state index in [1.165, 1.54) is 11.1 Å². The lowest BCUT2D eigenvalue weighted by Gasteiger charge is -2.33. The average Bonchev–Trinajstić information content (AvgIpc) is 2.62. The van der Waals surface area contributed by atoms with Gasteiger partial charge in [-0.05, 0) is 26.2 Å². The highest BCUT2D eigenvalue weighted by atomic mass is 16.4. The fourth-order valence-corrected chi connectivity index (χ4v) is 2.99. The normalized spacial score (nSPS) is 17.5. The number of rotatable bonds is 3. The van der Waals surface area contributed by atoms with E-state index >= 15 is 0 Å². The Balaban J connectivity index is 1.89. The molecular weight excluding hydrogens is 306 g/mol. The minimum absolute atomic E-state index is 0.306. The van der Waals surface area contributed by atoms with Crippen LogP contribution in [0.25, 0.3) is 11.4 Å². The molecule has 1 amide bonds. The van der Waals surface area contributed by atoms with Crippen LogP contribution in [0.15, 0.2) is 36.5 Å². The molecule has 1 saturated heterocycles. The first-order valence-corrected chi connectivity index (χ1v) is 8.01. The molecule has 1 fully saturated rings. The summed E-state index contributed by atoms with van der Waals surface area (Å²) in [5, 5.41) is 9.34. The number of hydrogen-bond donors (Lipinski definition) is 1. The Hall–Kier alpha value is -2.76.